The molecule has 1 amide bonds. The van der Waals surface area contributed by atoms with Crippen LogP contribution in [0.15, 0.2) is 65.8 Å². The normalized spacial score (nSPS) is 10.9. The summed E-state index contributed by atoms with van der Waals surface area (Å²) in [5.74, 6) is 0.366. The Morgan fingerprint density at radius 1 is 1.00 bits per heavy atom. The number of carbonyl (C=O) groups is 1. The molecule has 144 valence electrons. The van der Waals surface area contributed by atoms with Crippen molar-refractivity contribution in [2.45, 2.75) is 18.4 Å². The van der Waals surface area contributed by atoms with Gasteiger partial charge in [-0.2, -0.15) is 0 Å². The Morgan fingerprint density at radius 3 is 2.32 bits per heavy atom. The Morgan fingerprint density at radius 2 is 1.71 bits per heavy atom. The maximum Gasteiger partial charge on any atom is 0.263 e. The zero-order valence-corrected chi connectivity index (χ0v) is 15.8. The van der Waals surface area contributed by atoms with Crippen molar-refractivity contribution in [3.63, 3.8) is 0 Å². The van der Waals surface area contributed by atoms with Crippen LogP contribution in [0, 0.1) is 0 Å². The molecule has 0 aliphatic rings. The monoisotopic (exact) mass is 398 g/mol. The first-order valence-electron chi connectivity index (χ1n) is 8.29. The molecular formula is C18H18N6O3S. The Bertz CT molecular complexity index is 1040. The molecule has 2 aromatic heterocycles. The van der Waals surface area contributed by atoms with Crippen LogP contribution in [-0.2, 0) is 21.4 Å². The zero-order valence-electron chi connectivity index (χ0n) is 15.0. The molecule has 28 heavy (non-hydrogen) atoms. The van der Waals surface area contributed by atoms with Crippen molar-refractivity contribution < 1.29 is 13.2 Å². The van der Waals surface area contributed by atoms with Crippen molar-refractivity contribution in [2.75, 3.05) is 15.4 Å². The molecule has 0 radical (unpaired) electrons. The topological polar surface area (TPSA) is 126 Å². The molecule has 0 saturated heterocycles. The van der Waals surface area contributed by atoms with Crippen LogP contribution in [0.3, 0.4) is 0 Å². The highest BCUT2D eigenvalue weighted by Gasteiger charge is 2.15. The molecule has 3 rings (SSSR count). The van der Waals surface area contributed by atoms with Gasteiger partial charge < -0.3 is 10.6 Å². The van der Waals surface area contributed by atoms with Crippen LogP contribution in [0.2, 0.25) is 0 Å². The largest absolute Gasteiger partial charge is 0.364 e. The number of aromatic nitrogens is 3. The average Bonchev–Trinajstić information content (AvgIpc) is 2.68. The fourth-order valence-corrected chi connectivity index (χ4v) is 3.29. The summed E-state index contributed by atoms with van der Waals surface area (Å²) in [6.07, 6.45) is 3.43. The van der Waals surface area contributed by atoms with Crippen molar-refractivity contribution in [1.29, 1.82) is 0 Å². The number of anilines is 3. The highest BCUT2D eigenvalue weighted by atomic mass is 32.2. The second-order valence-corrected chi connectivity index (χ2v) is 7.51. The predicted octanol–water partition coefficient (Wildman–Crippen LogP) is 2.24. The number of nitrogens with one attached hydrogen (secondary N) is 3. The van der Waals surface area contributed by atoms with Crippen LogP contribution in [0.25, 0.3) is 0 Å². The minimum Gasteiger partial charge on any atom is -0.364 e. The van der Waals surface area contributed by atoms with Gasteiger partial charge in [0.05, 0.1) is 4.90 Å². The lowest BCUT2D eigenvalue weighted by Gasteiger charge is -2.09. The molecule has 1 aromatic carbocycles. The fourth-order valence-electron chi connectivity index (χ4n) is 2.29. The highest BCUT2D eigenvalue weighted by molar-refractivity contribution is 7.92. The third-order valence-electron chi connectivity index (χ3n) is 3.58. The Labute approximate surface area is 162 Å². The quantitative estimate of drug-likeness (QED) is 0.557. The van der Waals surface area contributed by atoms with Crippen molar-refractivity contribution >= 4 is 33.3 Å². The smallest absolute Gasteiger partial charge is 0.263 e. The van der Waals surface area contributed by atoms with Crippen LogP contribution >= 0.6 is 0 Å². The van der Waals surface area contributed by atoms with Gasteiger partial charge in [0.1, 0.15) is 5.82 Å². The average molecular weight is 398 g/mol. The third-order valence-corrected chi connectivity index (χ3v) is 4.96. The number of hydrogen-bond acceptors (Lipinski definition) is 7. The summed E-state index contributed by atoms with van der Waals surface area (Å²) in [4.78, 5) is 15.1. The second kappa shape index (κ2) is 8.44. The van der Waals surface area contributed by atoms with Crippen molar-refractivity contribution in [3.8, 4) is 0 Å². The Hall–Kier alpha value is -3.53. The van der Waals surface area contributed by atoms with Gasteiger partial charge in [-0.25, -0.2) is 8.42 Å². The van der Waals surface area contributed by atoms with E-state index in [1.807, 2.05) is 12.1 Å². The Kier molecular flexibility index (Phi) is 5.80. The number of rotatable bonds is 7. The van der Waals surface area contributed by atoms with Gasteiger partial charge in [-0.3, -0.25) is 14.5 Å². The number of hydrogen-bond donors (Lipinski definition) is 3. The lowest BCUT2D eigenvalue weighted by Crippen LogP contribution is -2.15. The number of benzene rings is 1. The summed E-state index contributed by atoms with van der Waals surface area (Å²) >= 11 is 0. The van der Waals surface area contributed by atoms with Gasteiger partial charge in [-0.1, -0.05) is 6.07 Å². The zero-order chi connectivity index (χ0) is 20.0. The summed E-state index contributed by atoms with van der Waals surface area (Å²) < 4.78 is 27.3. The van der Waals surface area contributed by atoms with Gasteiger partial charge in [0, 0.05) is 31.5 Å². The number of amides is 1. The van der Waals surface area contributed by atoms with E-state index in [1.54, 1.807) is 18.5 Å². The molecule has 0 saturated carbocycles. The maximum atomic E-state index is 12.4. The van der Waals surface area contributed by atoms with E-state index in [4.69, 9.17) is 0 Å². The first kappa shape index (κ1) is 19.2. The third kappa shape index (κ3) is 5.24. The van der Waals surface area contributed by atoms with Gasteiger partial charge in [0.2, 0.25) is 5.91 Å². The number of nitrogens with zero attached hydrogens (tertiary/aromatic N) is 3. The van der Waals surface area contributed by atoms with E-state index in [0.717, 1.165) is 5.56 Å². The van der Waals surface area contributed by atoms with Crippen molar-refractivity contribution in [2.24, 2.45) is 0 Å². The predicted molar refractivity (Wildman–Crippen MR) is 105 cm³/mol. The van der Waals surface area contributed by atoms with Crippen LogP contribution < -0.4 is 15.4 Å². The molecule has 0 aliphatic carbocycles. The molecule has 0 spiro atoms. The lowest BCUT2D eigenvalue weighted by molar-refractivity contribution is -0.114. The van der Waals surface area contributed by atoms with Gasteiger partial charge in [-0.15, -0.1) is 10.2 Å². The van der Waals surface area contributed by atoms with Crippen LogP contribution in [0.5, 0.6) is 0 Å². The minimum absolute atomic E-state index is 0.0437. The SMILES string of the molecule is CC(=O)Nc1ccc(S(=O)(=O)Nc2ccc(NCc3cccnc3)nn2)cc1. The molecule has 0 aliphatic heterocycles. The number of sulfonamides is 1. The van der Waals surface area contributed by atoms with Gasteiger partial charge >= 0.3 is 0 Å². The van der Waals surface area contributed by atoms with E-state index in [9.17, 15) is 13.2 Å². The lowest BCUT2D eigenvalue weighted by atomic mass is 10.3. The minimum atomic E-state index is -3.82. The fraction of sp³-hybridized carbons (Fsp3) is 0.111. The molecule has 0 bridgehead atoms. The summed E-state index contributed by atoms with van der Waals surface area (Å²) in [5.41, 5.74) is 1.49. The molecule has 3 N–H and O–H groups in total. The first-order valence-corrected chi connectivity index (χ1v) is 9.78. The van der Waals surface area contributed by atoms with E-state index in [1.165, 1.54) is 37.3 Å². The van der Waals surface area contributed by atoms with Crippen molar-refractivity contribution in [3.05, 3.63) is 66.5 Å². The second-order valence-electron chi connectivity index (χ2n) is 5.83. The molecule has 0 fully saturated rings. The maximum absolute atomic E-state index is 12.4. The highest BCUT2D eigenvalue weighted by Crippen LogP contribution is 2.17. The van der Waals surface area contributed by atoms with E-state index in [2.05, 4.69) is 30.5 Å². The van der Waals surface area contributed by atoms with Gasteiger partial charge in [0.25, 0.3) is 10.0 Å². The van der Waals surface area contributed by atoms with Gasteiger partial charge in [0.15, 0.2) is 5.82 Å². The molecule has 9 nitrogen and oxygen atoms in total. The first-order chi connectivity index (χ1) is 13.4. The molecule has 0 unspecified atom stereocenters. The van der Waals surface area contributed by atoms with E-state index < -0.39 is 10.0 Å². The number of carbonyl (C=O) groups excluding carboxylic acids is 1. The molecular weight excluding hydrogens is 380 g/mol. The summed E-state index contributed by atoms with van der Waals surface area (Å²) in [7, 11) is -3.82. The number of pyridine rings is 1. The standard InChI is InChI=1S/C18H18N6O3S/c1-13(25)21-15-4-6-16(7-5-15)28(26,27)24-18-9-8-17(22-23-18)20-12-14-3-2-10-19-11-14/h2-11H,12H2,1H3,(H,20,22)(H,21,25)(H,23,24). The van der Waals surface area contributed by atoms with Crippen LogP contribution in [0.1, 0.15) is 12.5 Å². The van der Waals surface area contributed by atoms with Gasteiger partial charge in [-0.05, 0) is 48.0 Å². The van der Waals surface area contributed by atoms with E-state index >= 15 is 0 Å². The van der Waals surface area contributed by atoms with E-state index in [0.29, 0.717) is 18.1 Å². The van der Waals surface area contributed by atoms with Crippen LogP contribution in [-0.4, -0.2) is 29.5 Å². The summed E-state index contributed by atoms with van der Waals surface area (Å²) in [6, 6.07) is 12.7. The summed E-state index contributed by atoms with van der Waals surface area (Å²) in [6.45, 7) is 1.90. The molecule has 3 aromatic rings. The van der Waals surface area contributed by atoms with E-state index in [-0.39, 0.29) is 16.6 Å². The van der Waals surface area contributed by atoms with Crippen LogP contribution in [0.4, 0.5) is 17.3 Å². The molecule has 0 atom stereocenters. The van der Waals surface area contributed by atoms with Crippen molar-refractivity contribution in [1.82, 2.24) is 15.2 Å². The Balaban J connectivity index is 1.63. The molecule has 2 heterocycles. The summed E-state index contributed by atoms with van der Waals surface area (Å²) in [5, 5.41) is 13.5. The molecule has 10 heteroatoms.